The van der Waals surface area contributed by atoms with Gasteiger partial charge in [-0.1, -0.05) is 13.3 Å². The fourth-order valence-electron chi connectivity index (χ4n) is 1.12. The number of aromatic carboxylic acids is 1. The summed E-state index contributed by atoms with van der Waals surface area (Å²) in [5.74, 6) is -2.16. The zero-order valence-electron chi connectivity index (χ0n) is 9.93. The van der Waals surface area contributed by atoms with Crippen molar-refractivity contribution in [1.29, 1.82) is 0 Å². The van der Waals surface area contributed by atoms with E-state index in [0.717, 1.165) is 12.8 Å². The Morgan fingerprint density at radius 3 is 2.76 bits per heavy atom. The summed E-state index contributed by atoms with van der Waals surface area (Å²) in [6.45, 7) is 2.24. The van der Waals surface area contributed by atoms with Gasteiger partial charge >= 0.3 is 57.4 Å². The van der Waals surface area contributed by atoms with E-state index in [1.807, 2.05) is 6.92 Å². The number of rotatable bonds is 5. The zero-order chi connectivity index (χ0) is 12.0. The molecule has 0 amide bonds. The first kappa shape index (κ1) is 16.7. The molecule has 0 aromatic carbocycles. The Bertz CT molecular complexity index is 395. The van der Waals surface area contributed by atoms with Crippen molar-refractivity contribution in [2.75, 3.05) is 6.61 Å². The second-order valence-electron chi connectivity index (χ2n) is 3.18. The molecule has 86 valence electrons. The van der Waals surface area contributed by atoms with Crippen LogP contribution in [0.15, 0.2) is 18.3 Å². The van der Waals surface area contributed by atoms with E-state index in [9.17, 15) is 14.7 Å². The molecule has 17 heavy (non-hydrogen) atoms. The van der Waals surface area contributed by atoms with Gasteiger partial charge < -0.3 is 14.6 Å². The third-order valence-electron chi connectivity index (χ3n) is 1.95. The van der Waals surface area contributed by atoms with Crippen molar-refractivity contribution >= 4 is 11.9 Å². The minimum atomic E-state index is -1.48. The molecule has 0 unspecified atom stereocenters. The Morgan fingerprint density at radius 1 is 1.47 bits per heavy atom. The molecule has 1 aromatic rings. The summed E-state index contributed by atoms with van der Waals surface area (Å²) in [6.07, 6.45) is 2.92. The molecule has 0 spiro atoms. The Morgan fingerprint density at radius 2 is 2.18 bits per heavy atom. The maximum atomic E-state index is 11.5. The number of esters is 1. The summed E-state index contributed by atoms with van der Waals surface area (Å²) in [4.78, 5) is 25.7. The molecule has 6 heteroatoms. The second kappa shape index (κ2) is 8.76. The Kier molecular flexibility index (Phi) is 8.62. The smallest absolute Gasteiger partial charge is 0.543 e. The molecular formula is C11H12KNO4. The molecular weight excluding hydrogens is 249 g/mol. The third-order valence-corrected chi connectivity index (χ3v) is 1.95. The number of carbonyl (C=O) groups excluding carboxylic acids is 2. The Balaban J connectivity index is 0.00000256. The van der Waals surface area contributed by atoms with E-state index in [0.29, 0.717) is 0 Å². The van der Waals surface area contributed by atoms with E-state index in [4.69, 9.17) is 4.74 Å². The van der Waals surface area contributed by atoms with Gasteiger partial charge in [-0.2, -0.15) is 0 Å². The molecule has 1 aromatic heterocycles. The van der Waals surface area contributed by atoms with Crippen molar-refractivity contribution in [3.63, 3.8) is 0 Å². The van der Waals surface area contributed by atoms with E-state index < -0.39 is 11.9 Å². The van der Waals surface area contributed by atoms with Gasteiger partial charge in [0.05, 0.1) is 18.1 Å². The summed E-state index contributed by atoms with van der Waals surface area (Å²) in [5, 5.41) is 10.7. The van der Waals surface area contributed by atoms with Crippen molar-refractivity contribution in [3.05, 3.63) is 29.6 Å². The SMILES string of the molecule is CCCCOC(=O)c1cccnc1C(=O)[O-].[K+]. The predicted molar refractivity (Wildman–Crippen MR) is 53.8 cm³/mol. The number of aromatic nitrogens is 1. The number of carboxylic acid groups (broad SMARTS) is 1. The van der Waals surface area contributed by atoms with Crippen LogP contribution in [0.2, 0.25) is 0 Å². The van der Waals surface area contributed by atoms with Crippen molar-refractivity contribution in [2.45, 2.75) is 19.8 Å². The van der Waals surface area contributed by atoms with Gasteiger partial charge in [-0.3, -0.25) is 4.98 Å². The number of pyridine rings is 1. The summed E-state index contributed by atoms with van der Waals surface area (Å²) in [7, 11) is 0. The molecule has 0 N–H and O–H groups in total. The molecule has 1 heterocycles. The maximum Gasteiger partial charge on any atom is 1.00 e. The summed E-state index contributed by atoms with van der Waals surface area (Å²) in [6, 6.07) is 2.83. The Labute approximate surface area is 142 Å². The number of hydrogen-bond acceptors (Lipinski definition) is 5. The monoisotopic (exact) mass is 261 g/mol. The number of unbranched alkanes of at least 4 members (excludes halogenated alkanes) is 1. The average Bonchev–Trinajstić information content (AvgIpc) is 2.29. The van der Waals surface area contributed by atoms with Crippen LogP contribution in [0.25, 0.3) is 0 Å². The molecule has 0 atom stereocenters. The van der Waals surface area contributed by atoms with Gasteiger partial charge in [0.2, 0.25) is 0 Å². The van der Waals surface area contributed by atoms with Crippen LogP contribution in [0.1, 0.15) is 40.6 Å². The fourth-order valence-corrected chi connectivity index (χ4v) is 1.12. The van der Waals surface area contributed by atoms with E-state index >= 15 is 0 Å². The minimum Gasteiger partial charge on any atom is -0.543 e. The summed E-state index contributed by atoms with van der Waals surface area (Å²) in [5.41, 5.74) is -0.456. The number of carboxylic acids is 1. The van der Waals surface area contributed by atoms with Crippen LogP contribution in [0.5, 0.6) is 0 Å². The molecule has 0 saturated carbocycles. The second-order valence-corrected chi connectivity index (χ2v) is 3.18. The van der Waals surface area contributed by atoms with Crippen molar-refractivity contribution in [2.24, 2.45) is 0 Å². The molecule has 0 fully saturated rings. The fraction of sp³-hybridized carbons (Fsp3) is 0.364. The first-order valence-electron chi connectivity index (χ1n) is 5.00. The van der Waals surface area contributed by atoms with Gasteiger partial charge in [-0.15, -0.1) is 0 Å². The van der Waals surface area contributed by atoms with Gasteiger partial charge in [0.1, 0.15) is 5.69 Å². The largest absolute Gasteiger partial charge is 1.00 e. The standard InChI is InChI=1S/C11H13NO4.K/c1-2-3-7-16-11(15)8-5-4-6-12-9(8)10(13)14;/h4-6H,2-3,7H2,1H3,(H,13,14);/q;+1/p-1. The summed E-state index contributed by atoms with van der Waals surface area (Å²) >= 11 is 0. The molecule has 0 saturated heterocycles. The van der Waals surface area contributed by atoms with Crippen LogP contribution in [-0.4, -0.2) is 23.5 Å². The molecule has 0 aliphatic carbocycles. The number of ether oxygens (including phenoxy) is 1. The van der Waals surface area contributed by atoms with E-state index in [2.05, 4.69) is 4.98 Å². The Hall–Kier alpha value is -0.274. The molecule has 0 radical (unpaired) electrons. The van der Waals surface area contributed by atoms with Gasteiger partial charge in [-0.05, 0) is 18.6 Å². The van der Waals surface area contributed by atoms with Crippen LogP contribution in [0, 0.1) is 0 Å². The number of nitrogens with zero attached hydrogens (tertiary/aromatic N) is 1. The topological polar surface area (TPSA) is 79.3 Å². The van der Waals surface area contributed by atoms with Crippen molar-refractivity contribution in [3.8, 4) is 0 Å². The maximum absolute atomic E-state index is 11.5. The third kappa shape index (κ3) is 5.26. The number of hydrogen-bond donors (Lipinski definition) is 0. The molecule has 1 rings (SSSR count). The van der Waals surface area contributed by atoms with Crippen LogP contribution >= 0.6 is 0 Å². The van der Waals surface area contributed by atoms with Crippen molar-refractivity contribution < 1.29 is 70.8 Å². The van der Waals surface area contributed by atoms with E-state index in [1.165, 1.54) is 18.3 Å². The molecule has 0 aliphatic rings. The first-order valence-corrected chi connectivity index (χ1v) is 5.00. The predicted octanol–water partition coefficient (Wildman–Crippen LogP) is -2.59. The van der Waals surface area contributed by atoms with Crippen LogP contribution < -0.4 is 56.5 Å². The zero-order valence-corrected chi connectivity index (χ0v) is 13.1. The average molecular weight is 261 g/mol. The van der Waals surface area contributed by atoms with Crippen LogP contribution in [0.4, 0.5) is 0 Å². The van der Waals surface area contributed by atoms with Crippen LogP contribution in [-0.2, 0) is 4.74 Å². The van der Waals surface area contributed by atoms with E-state index in [1.54, 1.807) is 0 Å². The van der Waals surface area contributed by atoms with E-state index in [-0.39, 0.29) is 69.2 Å². The van der Waals surface area contributed by atoms with Crippen molar-refractivity contribution in [1.82, 2.24) is 4.98 Å². The molecule has 0 aliphatic heterocycles. The van der Waals surface area contributed by atoms with Gasteiger partial charge in [0.25, 0.3) is 0 Å². The number of carbonyl (C=O) groups is 2. The molecule has 5 nitrogen and oxygen atoms in total. The molecule has 0 bridgehead atoms. The van der Waals surface area contributed by atoms with Crippen LogP contribution in [0.3, 0.4) is 0 Å². The van der Waals surface area contributed by atoms with Gasteiger partial charge in [0.15, 0.2) is 0 Å². The minimum absolute atomic E-state index is 0. The van der Waals surface area contributed by atoms with Gasteiger partial charge in [0, 0.05) is 6.20 Å². The first-order chi connectivity index (χ1) is 7.66. The summed E-state index contributed by atoms with van der Waals surface area (Å²) < 4.78 is 4.89. The van der Waals surface area contributed by atoms with Gasteiger partial charge in [-0.25, -0.2) is 4.79 Å². The normalized spacial score (nSPS) is 9.24. The quantitative estimate of drug-likeness (QED) is 0.330.